The number of carbonyl (C=O) groups is 1. The van der Waals surface area contributed by atoms with Crippen LogP contribution in [-0.4, -0.2) is 31.8 Å². The van der Waals surface area contributed by atoms with E-state index in [1.54, 1.807) is 0 Å². The molecule has 0 spiro atoms. The summed E-state index contributed by atoms with van der Waals surface area (Å²) in [6.45, 7) is 3.64. The van der Waals surface area contributed by atoms with Gasteiger partial charge in [0.25, 0.3) is 0 Å². The molecule has 2 aromatic heterocycles. The highest BCUT2D eigenvalue weighted by atomic mass is 32.2. The van der Waals surface area contributed by atoms with Gasteiger partial charge < -0.3 is 20.3 Å². The monoisotopic (exact) mass is 400 g/mol. The van der Waals surface area contributed by atoms with Crippen LogP contribution in [0.1, 0.15) is 22.8 Å². The van der Waals surface area contributed by atoms with E-state index in [4.69, 9.17) is 15.0 Å². The maximum absolute atomic E-state index is 12.0. The van der Waals surface area contributed by atoms with Gasteiger partial charge in [-0.25, -0.2) is 0 Å². The molecule has 0 amide bonds. The summed E-state index contributed by atoms with van der Waals surface area (Å²) in [5, 5.41) is 6.92. The SMILES string of the molecule is Cc1noc(C)c1CSCC(=O)OCc1nc(N)nc(Nc2ccccc2)n1. The lowest BCUT2D eigenvalue weighted by atomic mass is 10.2. The third-order valence-corrected chi connectivity index (χ3v) is 4.67. The number of nitrogen functional groups attached to an aromatic ring is 1. The number of ether oxygens (including phenoxy) is 1. The number of nitrogens with zero attached hydrogens (tertiary/aromatic N) is 4. The van der Waals surface area contributed by atoms with Gasteiger partial charge in [-0.3, -0.25) is 4.79 Å². The van der Waals surface area contributed by atoms with Crippen LogP contribution in [0.5, 0.6) is 0 Å². The molecule has 3 rings (SSSR count). The number of rotatable bonds is 8. The summed E-state index contributed by atoms with van der Waals surface area (Å²) in [4.78, 5) is 24.2. The average molecular weight is 400 g/mol. The van der Waals surface area contributed by atoms with Crippen molar-refractivity contribution in [3.8, 4) is 0 Å². The normalized spacial score (nSPS) is 10.6. The molecule has 10 heteroatoms. The molecule has 0 aliphatic carbocycles. The fourth-order valence-electron chi connectivity index (χ4n) is 2.34. The Bertz CT molecular complexity index is 928. The molecule has 0 aliphatic rings. The standard InChI is InChI=1S/C18H20N6O3S/c1-11-14(12(2)27-24-11)9-28-10-16(25)26-8-15-21-17(19)23-18(22-15)20-13-6-4-3-5-7-13/h3-7H,8-10H2,1-2H3,(H3,19,20,21,22,23). The van der Waals surface area contributed by atoms with Crippen molar-refractivity contribution in [2.45, 2.75) is 26.2 Å². The number of para-hydroxylation sites is 1. The Hall–Kier alpha value is -3.14. The van der Waals surface area contributed by atoms with E-state index < -0.39 is 0 Å². The van der Waals surface area contributed by atoms with Gasteiger partial charge >= 0.3 is 5.97 Å². The molecule has 146 valence electrons. The highest BCUT2D eigenvalue weighted by Gasteiger charge is 2.12. The summed E-state index contributed by atoms with van der Waals surface area (Å²) in [5.74, 6) is 1.82. The molecule has 0 unspecified atom stereocenters. The zero-order chi connectivity index (χ0) is 19.9. The zero-order valence-corrected chi connectivity index (χ0v) is 16.3. The van der Waals surface area contributed by atoms with Crippen LogP contribution in [0, 0.1) is 13.8 Å². The Morgan fingerprint density at radius 3 is 2.71 bits per heavy atom. The van der Waals surface area contributed by atoms with Gasteiger partial charge in [-0.05, 0) is 26.0 Å². The maximum atomic E-state index is 12.0. The number of nitrogens with one attached hydrogen (secondary N) is 1. The number of aromatic nitrogens is 4. The lowest BCUT2D eigenvalue weighted by molar-refractivity contribution is -0.141. The molecule has 3 aromatic rings. The van der Waals surface area contributed by atoms with E-state index in [0.717, 1.165) is 22.7 Å². The van der Waals surface area contributed by atoms with Crippen molar-refractivity contribution in [3.05, 3.63) is 53.2 Å². The number of thioether (sulfide) groups is 1. The highest BCUT2D eigenvalue weighted by Crippen LogP contribution is 2.19. The average Bonchev–Trinajstić information content (AvgIpc) is 2.99. The molecule has 0 saturated heterocycles. The number of hydrogen-bond acceptors (Lipinski definition) is 10. The maximum Gasteiger partial charge on any atom is 0.316 e. The molecule has 3 N–H and O–H groups in total. The Kier molecular flexibility index (Phi) is 6.43. The fourth-order valence-corrected chi connectivity index (χ4v) is 3.31. The summed E-state index contributed by atoms with van der Waals surface area (Å²) >= 11 is 1.43. The van der Waals surface area contributed by atoms with Crippen LogP contribution in [-0.2, 0) is 21.9 Å². The van der Waals surface area contributed by atoms with Gasteiger partial charge in [-0.1, -0.05) is 23.4 Å². The molecule has 0 bridgehead atoms. The van der Waals surface area contributed by atoms with Crippen molar-refractivity contribution in [1.29, 1.82) is 0 Å². The second-order valence-corrected chi connectivity index (χ2v) is 6.87. The van der Waals surface area contributed by atoms with Crippen LogP contribution in [0.15, 0.2) is 34.9 Å². The Labute approximate surface area is 166 Å². The molecule has 28 heavy (non-hydrogen) atoms. The topological polar surface area (TPSA) is 129 Å². The minimum atomic E-state index is -0.367. The Balaban J connectivity index is 1.50. The second-order valence-electron chi connectivity index (χ2n) is 5.88. The van der Waals surface area contributed by atoms with Gasteiger partial charge in [-0.15, -0.1) is 11.8 Å². The van der Waals surface area contributed by atoms with Gasteiger partial charge in [0.15, 0.2) is 12.4 Å². The lowest BCUT2D eigenvalue weighted by Crippen LogP contribution is -2.12. The molecule has 0 saturated carbocycles. The molecule has 0 fully saturated rings. The predicted molar refractivity (Wildman–Crippen MR) is 106 cm³/mol. The minimum Gasteiger partial charge on any atom is -0.457 e. The smallest absolute Gasteiger partial charge is 0.316 e. The van der Waals surface area contributed by atoms with E-state index in [1.165, 1.54) is 11.8 Å². The Morgan fingerprint density at radius 1 is 1.21 bits per heavy atom. The summed E-state index contributed by atoms with van der Waals surface area (Å²) in [6, 6.07) is 9.42. The zero-order valence-electron chi connectivity index (χ0n) is 15.5. The molecular formula is C18H20N6O3S. The number of nitrogens with two attached hydrogens (primary N) is 1. The third kappa shape index (κ3) is 5.43. The summed E-state index contributed by atoms with van der Waals surface area (Å²) in [7, 11) is 0. The first-order valence-electron chi connectivity index (χ1n) is 8.49. The quantitative estimate of drug-likeness (QED) is 0.544. The molecule has 9 nitrogen and oxygen atoms in total. The van der Waals surface area contributed by atoms with Crippen LogP contribution in [0.3, 0.4) is 0 Å². The van der Waals surface area contributed by atoms with E-state index in [0.29, 0.717) is 5.75 Å². The van der Waals surface area contributed by atoms with Gasteiger partial charge in [0.05, 0.1) is 11.4 Å². The molecule has 1 aromatic carbocycles. The number of esters is 1. The van der Waals surface area contributed by atoms with Crippen LogP contribution < -0.4 is 11.1 Å². The first-order chi connectivity index (χ1) is 13.5. The number of benzene rings is 1. The predicted octanol–water partition coefficient (Wildman–Crippen LogP) is 2.78. The van der Waals surface area contributed by atoms with Gasteiger partial charge in [0, 0.05) is 17.0 Å². The second kappa shape index (κ2) is 9.18. The Morgan fingerprint density at radius 2 is 2.00 bits per heavy atom. The van der Waals surface area contributed by atoms with Gasteiger partial charge in [-0.2, -0.15) is 15.0 Å². The van der Waals surface area contributed by atoms with Crippen molar-refractivity contribution < 1.29 is 14.1 Å². The third-order valence-electron chi connectivity index (χ3n) is 3.74. The number of carbonyl (C=O) groups excluding carboxylic acids is 1. The van der Waals surface area contributed by atoms with E-state index in [9.17, 15) is 4.79 Å². The van der Waals surface area contributed by atoms with E-state index >= 15 is 0 Å². The van der Waals surface area contributed by atoms with E-state index in [2.05, 4.69) is 25.4 Å². The van der Waals surface area contributed by atoms with Crippen LogP contribution in [0.2, 0.25) is 0 Å². The largest absolute Gasteiger partial charge is 0.457 e. The van der Waals surface area contributed by atoms with E-state index in [1.807, 2.05) is 44.2 Å². The summed E-state index contributed by atoms with van der Waals surface area (Å²) in [5.41, 5.74) is 8.36. The number of anilines is 3. The molecule has 0 atom stereocenters. The van der Waals surface area contributed by atoms with Crippen LogP contribution in [0.4, 0.5) is 17.6 Å². The van der Waals surface area contributed by atoms with Crippen molar-refractivity contribution in [1.82, 2.24) is 20.1 Å². The van der Waals surface area contributed by atoms with Crippen molar-refractivity contribution in [3.63, 3.8) is 0 Å². The lowest BCUT2D eigenvalue weighted by Gasteiger charge is -2.08. The van der Waals surface area contributed by atoms with Gasteiger partial charge in [0.1, 0.15) is 5.76 Å². The van der Waals surface area contributed by atoms with E-state index in [-0.39, 0.29) is 36.1 Å². The summed E-state index contributed by atoms with van der Waals surface area (Å²) < 4.78 is 10.3. The minimum absolute atomic E-state index is 0.0484. The van der Waals surface area contributed by atoms with Crippen molar-refractivity contribution in [2.75, 3.05) is 16.8 Å². The molecule has 0 radical (unpaired) electrons. The van der Waals surface area contributed by atoms with Crippen LogP contribution >= 0.6 is 11.8 Å². The molecule has 2 heterocycles. The molecular weight excluding hydrogens is 380 g/mol. The van der Waals surface area contributed by atoms with Crippen molar-refractivity contribution in [2.24, 2.45) is 0 Å². The summed E-state index contributed by atoms with van der Waals surface area (Å²) in [6.07, 6.45) is 0. The number of hydrogen-bond donors (Lipinski definition) is 2. The highest BCUT2D eigenvalue weighted by molar-refractivity contribution is 7.99. The van der Waals surface area contributed by atoms with Crippen molar-refractivity contribution >= 4 is 35.3 Å². The van der Waals surface area contributed by atoms with Gasteiger partial charge in [0.2, 0.25) is 11.9 Å². The number of aryl methyl sites for hydroxylation is 2. The fraction of sp³-hybridized carbons (Fsp3) is 0.278. The van der Waals surface area contributed by atoms with Crippen LogP contribution in [0.25, 0.3) is 0 Å². The first kappa shape index (κ1) is 19.6. The molecule has 0 aliphatic heterocycles. The first-order valence-corrected chi connectivity index (χ1v) is 9.64.